The number of piperidine rings is 1. The molecule has 28 heavy (non-hydrogen) atoms. The summed E-state index contributed by atoms with van der Waals surface area (Å²) < 4.78 is 6.50. The molecule has 148 valence electrons. The van der Waals surface area contributed by atoms with Gasteiger partial charge in [0.1, 0.15) is 0 Å². The first-order valence-corrected chi connectivity index (χ1v) is 10.5. The maximum Gasteiger partial charge on any atom is 0.240 e. The molecule has 1 amide bonds. The van der Waals surface area contributed by atoms with Crippen LogP contribution in [0.15, 0.2) is 34.9 Å². The minimum atomic E-state index is -0.107. The zero-order chi connectivity index (χ0) is 19.7. The van der Waals surface area contributed by atoms with Gasteiger partial charge in [-0.1, -0.05) is 38.1 Å². The molecule has 3 aromatic rings. The number of aromatic nitrogens is 2. The predicted molar refractivity (Wildman–Crippen MR) is 112 cm³/mol. The number of rotatable bonds is 4. The number of nitrogens with one attached hydrogen (secondary N) is 1. The van der Waals surface area contributed by atoms with E-state index >= 15 is 0 Å². The normalized spacial score (nSPS) is 18.5. The van der Waals surface area contributed by atoms with E-state index in [0.717, 1.165) is 37.1 Å². The second kappa shape index (κ2) is 7.64. The standard InChI is InChI=1S/C21H26N4O2S/c1-21(2,3)17-11-19(27-24-17)23-18(26)13-25-10-6-7-14(12-25)20-22-15-8-4-5-9-16(15)28-20/h4-5,8-9,11,14H,6-7,10,12-13H2,1-3H3,(H,23,26)/t14-/m0/s1. The number of carbonyl (C=O) groups excluding carboxylic acids is 1. The number of thiazole rings is 1. The van der Waals surface area contributed by atoms with Gasteiger partial charge in [-0.15, -0.1) is 11.3 Å². The first-order valence-electron chi connectivity index (χ1n) is 9.73. The molecule has 1 N–H and O–H groups in total. The Labute approximate surface area is 168 Å². The third-order valence-electron chi connectivity index (χ3n) is 5.07. The van der Waals surface area contributed by atoms with Gasteiger partial charge in [-0.25, -0.2) is 4.98 Å². The van der Waals surface area contributed by atoms with Crippen molar-refractivity contribution in [1.29, 1.82) is 0 Å². The van der Waals surface area contributed by atoms with Crippen LogP contribution >= 0.6 is 11.3 Å². The van der Waals surface area contributed by atoms with Gasteiger partial charge >= 0.3 is 0 Å². The Kier molecular flexibility index (Phi) is 5.21. The molecule has 0 saturated carbocycles. The summed E-state index contributed by atoms with van der Waals surface area (Å²) in [4.78, 5) is 19.5. The Hall–Kier alpha value is -2.25. The molecule has 0 radical (unpaired) electrons. The molecular formula is C21H26N4O2S. The fourth-order valence-corrected chi connectivity index (χ4v) is 4.63. The molecule has 0 bridgehead atoms. The van der Waals surface area contributed by atoms with Gasteiger partial charge in [0.05, 0.1) is 27.5 Å². The van der Waals surface area contributed by atoms with Crippen LogP contribution in [0.2, 0.25) is 0 Å². The van der Waals surface area contributed by atoms with E-state index in [-0.39, 0.29) is 11.3 Å². The number of carbonyl (C=O) groups is 1. The Morgan fingerprint density at radius 3 is 2.93 bits per heavy atom. The molecule has 1 aromatic carbocycles. The molecule has 1 saturated heterocycles. The number of para-hydroxylation sites is 1. The molecule has 3 heterocycles. The number of likely N-dealkylation sites (tertiary alicyclic amines) is 1. The quantitative estimate of drug-likeness (QED) is 0.705. The Morgan fingerprint density at radius 2 is 2.18 bits per heavy atom. The topological polar surface area (TPSA) is 71.3 Å². The number of amides is 1. The second-order valence-electron chi connectivity index (χ2n) is 8.47. The summed E-state index contributed by atoms with van der Waals surface area (Å²) in [6.45, 7) is 8.33. The maximum atomic E-state index is 12.5. The summed E-state index contributed by atoms with van der Waals surface area (Å²) in [5.41, 5.74) is 1.79. The SMILES string of the molecule is CC(C)(C)c1cc(NC(=O)CN2CCC[C@H](c3nc4ccccc4s3)C2)on1. The predicted octanol–water partition coefficient (Wildman–Crippen LogP) is 4.40. The second-order valence-corrected chi connectivity index (χ2v) is 9.53. The van der Waals surface area contributed by atoms with Crippen molar-refractivity contribution in [3.05, 3.63) is 41.0 Å². The minimum Gasteiger partial charge on any atom is -0.338 e. The van der Waals surface area contributed by atoms with Crippen molar-refractivity contribution in [3.8, 4) is 0 Å². The zero-order valence-electron chi connectivity index (χ0n) is 16.6. The van der Waals surface area contributed by atoms with E-state index in [4.69, 9.17) is 9.51 Å². The molecule has 6 nitrogen and oxygen atoms in total. The first kappa shape index (κ1) is 19.1. The van der Waals surface area contributed by atoms with E-state index in [9.17, 15) is 4.79 Å². The van der Waals surface area contributed by atoms with Crippen LogP contribution in [0.1, 0.15) is 50.2 Å². The van der Waals surface area contributed by atoms with Crippen LogP contribution < -0.4 is 5.32 Å². The molecule has 0 spiro atoms. The minimum absolute atomic E-state index is 0.0680. The summed E-state index contributed by atoms with van der Waals surface area (Å²) in [6, 6.07) is 10.1. The van der Waals surface area contributed by atoms with Crippen molar-refractivity contribution in [2.75, 3.05) is 25.0 Å². The summed E-state index contributed by atoms with van der Waals surface area (Å²) in [6.07, 6.45) is 2.19. The van der Waals surface area contributed by atoms with Crippen LogP contribution in [-0.2, 0) is 10.2 Å². The molecule has 0 unspecified atom stereocenters. The van der Waals surface area contributed by atoms with Gasteiger partial charge in [0, 0.05) is 23.9 Å². The highest BCUT2D eigenvalue weighted by Gasteiger charge is 2.26. The van der Waals surface area contributed by atoms with Crippen LogP contribution in [0.5, 0.6) is 0 Å². The van der Waals surface area contributed by atoms with Gasteiger partial charge in [0.25, 0.3) is 0 Å². The third kappa shape index (κ3) is 4.25. The van der Waals surface area contributed by atoms with E-state index in [1.165, 1.54) is 9.71 Å². The van der Waals surface area contributed by atoms with Crippen molar-refractivity contribution in [1.82, 2.24) is 15.0 Å². The van der Waals surface area contributed by atoms with Gasteiger partial charge in [0.15, 0.2) is 0 Å². The van der Waals surface area contributed by atoms with Gasteiger partial charge < -0.3 is 4.52 Å². The van der Waals surface area contributed by atoms with Crippen molar-refractivity contribution < 1.29 is 9.32 Å². The molecule has 1 fully saturated rings. The van der Waals surface area contributed by atoms with Crippen LogP contribution in [0.4, 0.5) is 5.88 Å². The molecule has 2 aromatic heterocycles. The Bertz CT molecular complexity index is 939. The van der Waals surface area contributed by atoms with Crippen molar-refractivity contribution in [2.24, 2.45) is 0 Å². The average molecular weight is 399 g/mol. The lowest BCUT2D eigenvalue weighted by Gasteiger charge is -2.31. The van der Waals surface area contributed by atoms with Gasteiger partial charge in [-0.05, 0) is 31.5 Å². The molecular weight excluding hydrogens is 372 g/mol. The molecule has 1 aliphatic heterocycles. The lowest BCUT2D eigenvalue weighted by molar-refractivity contribution is -0.117. The Morgan fingerprint density at radius 1 is 1.36 bits per heavy atom. The van der Waals surface area contributed by atoms with Gasteiger partial charge in [-0.2, -0.15) is 0 Å². The zero-order valence-corrected chi connectivity index (χ0v) is 17.4. The van der Waals surface area contributed by atoms with E-state index in [1.807, 2.05) is 6.07 Å². The van der Waals surface area contributed by atoms with E-state index in [1.54, 1.807) is 17.4 Å². The first-order chi connectivity index (χ1) is 13.4. The van der Waals surface area contributed by atoms with Crippen LogP contribution in [0.25, 0.3) is 10.2 Å². The highest BCUT2D eigenvalue weighted by molar-refractivity contribution is 7.18. The van der Waals surface area contributed by atoms with Crippen molar-refractivity contribution in [2.45, 2.75) is 44.9 Å². The molecule has 4 rings (SSSR count). The van der Waals surface area contributed by atoms with Crippen LogP contribution in [-0.4, -0.2) is 40.6 Å². The number of nitrogens with zero attached hydrogens (tertiary/aromatic N) is 3. The molecule has 1 atom stereocenters. The highest BCUT2D eigenvalue weighted by atomic mass is 32.1. The number of fused-ring (bicyclic) bond motifs is 1. The smallest absolute Gasteiger partial charge is 0.240 e. The molecule has 7 heteroatoms. The van der Waals surface area contributed by atoms with Gasteiger partial charge in [-0.3, -0.25) is 15.0 Å². The maximum absolute atomic E-state index is 12.5. The average Bonchev–Trinajstić information content (AvgIpc) is 3.28. The largest absolute Gasteiger partial charge is 0.338 e. The van der Waals surface area contributed by atoms with Crippen LogP contribution in [0, 0.1) is 0 Å². The van der Waals surface area contributed by atoms with E-state index in [0.29, 0.717) is 18.3 Å². The highest BCUT2D eigenvalue weighted by Crippen LogP contribution is 2.33. The van der Waals surface area contributed by atoms with E-state index < -0.39 is 0 Å². The van der Waals surface area contributed by atoms with Crippen molar-refractivity contribution >= 4 is 33.3 Å². The lowest BCUT2D eigenvalue weighted by Crippen LogP contribution is -2.39. The number of hydrogen-bond donors (Lipinski definition) is 1. The third-order valence-corrected chi connectivity index (χ3v) is 6.27. The molecule has 1 aliphatic rings. The summed E-state index contributed by atoms with van der Waals surface area (Å²) in [5.74, 6) is 0.730. The summed E-state index contributed by atoms with van der Waals surface area (Å²) in [7, 11) is 0. The number of benzene rings is 1. The summed E-state index contributed by atoms with van der Waals surface area (Å²) in [5, 5.41) is 8.06. The molecule has 0 aliphatic carbocycles. The fourth-order valence-electron chi connectivity index (χ4n) is 3.53. The lowest BCUT2D eigenvalue weighted by atomic mass is 9.92. The number of hydrogen-bond acceptors (Lipinski definition) is 6. The monoisotopic (exact) mass is 398 g/mol. The van der Waals surface area contributed by atoms with Crippen LogP contribution in [0.3, 0.4) is 0 Å². The summed E-state index contributed by atoms with van der Waals surface area (Å²) >= 11 is 1.77. The van der Waals surface area contributed by atoms with E-state index in [2.05, 4.69) is 54.3 Å². The van der Waals surface area contributed by atoms with Gasteiger partial charge in [0.2, 0.25) is 11.8 Å². The van der Waals surface area contributed by atoms with Crippen molar-refractivity contribution in [3.63, 3.8) is 0 Å². The fraction of sp³-hybridized carbons (Fsp3) is 0.476. The Balaban J connectivity index is 1.36. The number of anilines is 1.